The Kier molecular flexibility index (Phi) is 3.95. The van der Waals surface area contributed by atoms with Crippen molar-refractivity contribution in [2.24, 2.45) is 5.92 Å². The van der Waals surface area contributed by atoms with E-state index in [0.717, 1.165) is 11.1 Å². The van der Waals surface area contributed by atoms with Crippen molar-refractivity contribution in [1.82, 2.24) is 9.78 Å². The highest BCUT2D eigenvalue weighted by Gasteiger charge is 2.09. The van der Waals surface area contributed by atoms with E-state index in [1.807, 2.05) is 4.68 Å². The van der Waals surface area contributed by atoms with Crippen LogP contribution in [-0.2, 0) is 6.42 Å². The second-order valence-electron chi connectivity index (χ2n) is 5.80. The van der Waals surface area contributed by atoms with Crippen LogP contribution in [0.1, 0.15) is 36.2 Å². The summed E-state index contributed by atoms with van der Waals surface area (Å²) in [5.41, 5.74) is 6.20. The van der Waals surface area contributed by atoms with Crippen LogP contribution in [0.2, 0.25) is 0 Å². The number of benzene rings is 1. The Balaban J connectivity index is 2.54. The molecule has 0 spiro atoms. The van der Waals surface area contributed by atoms with Crippen molar-refractivity contribution in [1.29, 1.82) is 0 Å². The number of rotatable bonds is 3. The molecule has 0 saturated heterocycles. The van der Waals surface area contributed by atoms with E-state index < -0.39 is 0 Å². The molecule has 0 atom stereocenters. The average molecular weight is 274 g/mol. The van der Waals surface area contributed by atoms with Crippen molar-refractivity contribution in [3.63, 3.8) is 0 Å². The second kappa shape index (κ2) is 5.33. The molecule has 2 nitrogen and oxygen atoms in total. The van der Waals surface area contributed by atoms with Crippen LogP contribution in [0.25, 0.3) is 5.69 Å². The number of nitrogens with zero attached hydrogens (tertiary/aromatic N) is 1. The molecule has 0 aliphatic rings. The van der Waals surface area contributed by atoms with Crippen LogP contribution in [0.15, 0.2) is 18.2 Å². The predicted octanol–water partition coefficient (Wildman–Crippen LogP) is 4.66. The minimum atomic E-state index is 0.627. The monoisotopic (exact) mass is 274 g/mol. The molecule has 1 heterocycles. The van der Waals surface area contributed by atoms with Gasteiger partial charge in [0.15, 0.2) is 0 Å². The summed E-state index contributed by atoms with van der Waals surface area (Å²) in [6, 6.07) is 6.48. The zero-order chi connectivity index (χ0) is 14.2. The number of aromatic amines is 1. The van der Waals surface area contributed by atoms with Gasteiger partial charge in [0.05, 0.1) is 5.69 Å². The maximum absolute atomic E-state index is 5.49. The topological polar surface area (TPSA) is 20.7 Å². The Morgan fingerprint density at radius 3 is 2.21 bits per heavy atom. The summed E-state index contributed by atoms with van der Waals surface area (Å²) in [6.45, 7) is 10.8. The van der Waals surface area contributed by atoms with Crippen LogP contribution >= 0.6 is 12.2 Å². The Bertz CT molecular complexity index is 624. The number of hydrogen-bond donors (Lipinski definition) is 1. The molecule has 1 aromatic carbocycles. The SMILES string of the molecule is Cc1cc(C)c(-n2[nH]c(CC(C)C)cc2=S)c(C)c1. The van der Waals surface area contributed by atoms with Crippen LogP contribution in [0.5, 0.6) is 0 Å². The minimum Gasteiger partial charge on any atom is -0.297 e. The van der Waals surface area contributed by atoms with Crippen molar-refractivity contribution in [2.75, 3.05) is 0 Å². The summed E-state index contributed by atoms with van der Waals surface area (Å²) in [5.74, 6) is 0.627. The van der Waals surface area contributed by atoms with Crippen LogP contribution in [0.3, 0.4) is 0 Å². The van der Waals surface area contributed by atoms with Crippen molar-refractivity contribution in [3.8, 4) is 5.69 Å². The third kappa shape index (κ3) is 2.98. The molecule has 1 aromatic heterocycles. The van der Waals surface area contributed by atoms with Gasteiger partial charge in [0, 0.05) is 5.69 Å². The first kappa shape index (κ1) is 14.1. The van der Waals surface area contributed by atoms with Gasteiger partial charge in [0.2, 0.25) is 0 Å². The van der Waals surface area contributed by atoms with E-state index in [-0.39, 0.29) is 0 Å². The van der Waals surface area contributed by atoms with E-state index in [2.05, 4.69) is 57.9 Å². The number of aryl methyl sites for hydroxylation is 3. The second-order valence-corrected chi connectivity index (χ2v) is 6.22. The molecule has 19 heavy (non-hydrogen) atoms. The summed E-state index contributed by atoms with van der Waals surface area (Å²) < 4.78 is 2.89. The fourth-order valence-electron chi connectivity index (χ4n) is 2.68. The third-order valence-corrected chi connectivity index (χ3v) is 3.56. The van der Waals surface area contributed by atoms with E-state index in [0.29, 0.717) is 5.92 Å². The summed E-state index contributed by atoms with van der Waals surface area (Å²) >= 11 is 5.49. The van der Waals surface area contributed by atoms with Gasteiger partial charge in [-0.3, -0.25) is 5.10 Å². The smallest absolute Gasteiger partial charge is 0.127 e. The van der Waals surface area contributed by atoms with Crippen LogP contribution in [-0.4, -0.2) is 9.78 Å². The van der Waals surface area contributed by atoms with Gasteiger partial charge in [-0.15, -0.1) is 0 Å². The fourth-order valence-corrected chi connectivity index (χ4v) is 2.96. The highest BCUT2D eigenvalue weighted by Crippen LogP contribution is 2.21. The molecule has 2 rings (SSSR count). The summed E-state index contributed by atoms with van der Waals surface area (Å²) in [5, 5.41) is 3.44. The summed E-state index contributed by atoms with van der Waals surface area (Å²) in [6.07, 6.45) is 1.03. The lowest BCUT2D eigenvalue weighted by molar-refractivity contribution is 0.628. The zero-order valence-corrected chi connectivity index (χ0v) is 13.2. The van der Waals surface area contributed by atoms with Crippen LogP contribution in [0.4, 0.5) is 0 Å². The van der Waals surface area contributed by atoms with E-state index >= 15 is 0 Å². The highest BCUT2D eigenvalue weighted by atomic mass is 32.1. The molecule has 0 amide bonds. The maximum Gasteiger partial charge on any atom is 0.127 e. The van der Waals surface area contributed by atoms with Crippen LogP contribution < -0.4 is 0 Å². The number of H-pyrrole nitrogens is 1. The van der Waals surface area contributed by atoms with E-state index in [9.17, 15) is 0 Å². The lowest BCUT2D eigenvalue weighted by atomic mass is 10.1. The average Bonchev–Trinajstić information content (AvgIpc) is 2.57. The molecule has 0 saturated carbocycles. The maximum atomic E-state index is 5.49. The Labute approximate surface area is 120 Å². The standard InChI is InChI=1S/C16H22N2S/c1-10(2)6-14-9-15(19)18(17-14)16-12(4)7-11(3)8-13(16)5/h7-10,17H,6H2,1-5H3. The molecule has 0 radical (unpaired) electrons. The largest absolute Gasteiger partial charge is 0.297 e. The molecule has 1 N–H and O–H groups in total. The van der Waals surface area contributed by atoms with Crippen molar-refractivity contribution in [2.45, 2.75) is 41.0 Å². The molecular formula is C16H22N2S. The lowest BCUT2D eigenvalue weighted by Gasteiger charge is -2.12. The van der Waals surface area contributed by atoms with E-state index in [4.69, 9.17) is 12.2 Å². The quantitative estimate of drug-likeness (QED) is 0.807. The van der Waals surface area contributed by atoms with Crippen molar-refractivity contribution >= 4 is 12.2 Å². The minimum absolute atomic E-state index is 0.627. The Morgan fingerprint density at radius 2 is 1.68 bits per heavy atom. The first-order chi connectivity index (χ1) is 8.88. The number of nitrogens with one attached hydrogen (secondary N) is 1. The molecule has 0 aliphatic carbocycles. The van der Waals surface area contributed by atoms with Gasteiger partial charge >= 0.3 is 0 Å². The lowest BCUT2D eigenvalue weighted by Crippen LogP contribution is -2.04. The Hall–Kier alpha value is -1.35. The van der Waals surface area contributed by atoms with E-state index in [1.165, 1.54) is 28.1 Å². The number of hydrogen-bond acceptors (Lipinski definition) is 1. The van der Waals surface area contributed by atoms with Gasteiger partial charge in [-0.1, -0.05) is 43.8 Å². The van der Waals surface area contributed by atoms with Crippen molar-refractivity contribution in [3.05, 3.63) is 45.2 Å². The number of aromatic nitrogens is 2. The first-order valence-corrected chi connectivity index (χ1v) is 7.18. The summed E-state index contributed by atoms with van der Waals surface area (Å²) in [4.78, 5) is 0. The van der Waals surface area contributed by atoms with Gasteiger partial charge < -0.3 is 0 Å². The molecule has 2 aromatic rings. The third-order valence-electron chi connectivity index (χ3n) is 3.26. The molecule has 3 heteroatoms. The molecule has 0 unspecified atom stereocenters. The molecule has 0 fully saturated rings. The van der Waals surface area contributed by atoms with Crippen molar-refractivity contribution < 1.29 is 0 Å². The van der Waals surface area contributed by atoms with E-state index in [1.54, 1.807) is 0 Å². The summed E-state index contributed by atoms with van der Waals surface area (Å²) in [7, 11) is 0. The van der Waals surface area contributed by atoms with Gasteiger partial charge in [-0.2, -0.15) is 0 Å². The first-order valence-electron chi connectivity index (χ1n) is 6.77. The fraction of sp³-hybridized carbons (Fsp3) is 0.438. The zero-order valence-electron chi connectivity index (χ0n) is 12.4. The molecule has 102 valence electrons. The molecule has 0 aliphatic heterocycles. The highest BCUT2D eigenvalue weighted by molar-refractivity contribution is 7.71. The van der Waals surface area contributed by atoms with Gasteiger partial charge in [0.1, 0.15) is 4.64 Å². The Morgan fingerprint density at radius 1 is 1.11 bits per heavy atom. The van der Waals surface area contributed by atoms with Gasteiger partial charge in [-0.05, 0) is 50.3 Å². The molecular weight excluding hydrogens is 252 g/mol. The van der Waals surface area contributed by atoms with Gasteiger partial charge in [-0.25, -0.2) is 4.68 Å². The normalized spacial score (nSPS) is 11.3. The molecule has 0 bridgehead atoms. The van der Waals surface area contributed by atoms with Gasteiger partial charge in [0.25, 0.3) is 0 Å². The van der Waals surface area contributed by atoms with Crippen LogP contribution in [0, 0.1) is 31.3 Å². The predicted molar refractivity (Wildman–Crippen MR) is 83.7 cm³/mol.